The molecule has 2 unspecified atom stereocenters. The van der Waals surface area contributed by atoms with Crippen molar-refractivity contribution in [1.29, 1.82) is 0 Å². The van der Waals surface area contributed by atoms with Crippen LogP contribution in [0, 0.1) is 6.92 Å². The molecule has 0 aromatic carbocycles. The molecule has 2 atom stereocenters. The van der Waals surface area contributed by atoms with E-state index in [2.05, 4.69) is 24.1 Å². The minimum atomic E-state index is 0.308. The number of hydrogen-bond acceptors (Lipinski definition) is 3. The molecule has 0 saturated carbocycles. The molecule has 2 heterocycles. The van der Waals surface area contributed by atoms with Gasteiger partial charge in [-0.05, 0) is 31.9 Å². The Bertz CT molecular complexity index is 314. The molecule has 0 aliphatic carbocycles. The maximum absolute atomic E-state index is 5.50. The fourth-order valence-electron chi connectivity index (χ4n) is 1.76. The quantitative estimate of drug-likeness (QED) is 0.778. The van der Waals surface area contributed by atoms with Crippen molar-refractivity contribution in [2.75, 3.05) is 11.9 Å². The number of ether oxygens (including phenoxy) is 1. The molecule has 1 aromatic heterocycles. The minimum absolute atomic E-state index is 0.308. The van der Waals surface area contributed by atoms with Crippen LogP contribution < -0.4 is 5.32 Å². The molecule has 1 aliphatic rings. The third-order valence-electron chi connectivity index (χ3n) is 2.74. The molecule has 2 rings (SSSR count). The third kappa shape index (κ3) is 1.87. The summed E-state index contributed by atoms with van der Waals surface area (Å²) in [7, 11) is 0. The van der Waals surface area contributed by atoms with Gasteiger partial charge in [0.15, 0.2) is 0 Å². The Morgan fingerprint density at radius 1 is 1.57 bits per heavy atom. The summed E-state index contributed by atoms with van der Waals surface area (Å²) in [5, 5.41) is 3.49. The molecule has 0 bridgehead atoms. The van der Waals surface area contributed by atoms with Crippen LogP contribution in [0.1, 0.15) is 18.9 Å². The van der Waals surface area contributed by atoms with Crippen LogP contribution in [0.3, 0.4) is 0 Å². The van der Waals surface area contributed by atoms with Crippen molar-refractivity contribution >= 4 is 5.69 Å². The van der Waals surface area contributed by atoms with Gasteiger partial charge in [-0.15, -0.1) is 0 Å². The van der Waals surface area contributed by atoms with Gasteiger partial charge in [-0.25, -0.2) is 0 Å². The number of pyridine rings is 1. The van der Waals surface area contributed by atoms with Gasteiger partial charge in [0, 0.05) is 24.7 Å². The first-order valence-corrected chi connectivity index (χ1v) is 5.06. The second-order valence-corrected chi connectivity index (χ2v) is 3.81. The summed E-state index contributed by atoms with van der Waals surface area (Å²) < 4.78 is 5.50. The fraction of sp³-hybridized carbons (Fsp3) is 0.545. The average molecular weight is 192 g/mol. The molecule has 76 valence electrons. The van der Waals surface area contributed by atoms with Crippen molar-refractivity contribution in [3.05, 3.63) is 24.0 Å². The molecular weight excluding hydrogens is 176 g/mol. The fourth-order valence-corrected chi connectivity index (χ4v) is 1.76. The van der Waals surface area contributed by atoms with Crippen LogP contribution in [0.25, 0.3) is 0 Å². The molecule has 0 radical (unpaired) electrons. The molecule has 14 heavy (non-hydrogen) atoms. The summed E-state index contributed by atoms with van der Waals surface area (Å²) in [4.78, 5) is 4.07. The van der Waals surface area contributed by atoms with Crippen LogP contribution in [0.2, 0.25) is 0 Å². The highest BCUT2D eigenvalue weighted by Gasteiger charge is 2.23. The summed E-state index contributed by atoms with van der Waals surface area (Å²) >= 11 is 0. The molecule has 0 amide bonds. The standard InChI is InChI=1S/C11H16N2O/c1-8-7-12-5-3-10(8)13-11-4-6-14-9(11)2/h3,5,7,9,11H,4,6H2,1-2H3,(H,12,13). The summed E-state index contributed by atoms with van der Waals surface area (Å²) in [6.45, 7) is 5.04. The Morgan fingerprint density at radius 3 is 3.07 bits per heavy atom. The Kier molecular flexibility index (Phi) is 2.68. The van der Waals surface area contributed by atoms with Gasteiger partial charge >= 0.3 is 0 Å². The van der Waals surface area contributed by atoms with E-state index >= 15 is 0 Å². The minimum Gasteiger partial charge on any atom is -0.379 e. The lowest BCUT2D eigenvalue weighted by molar-refractivity contribution is 0.121. The lowest BCUT2D eigenvalue weighted by Crippen LogP contribution is -2.26. The van der Waals surface area contributed by atoms with Crippen molar-refractivity contribution in [1.82, 2.24) is 4.98 Å². The first-order valence-electron chi connectivity index (χ1n) is 5.06. The predicted molar refractivity (Wildman–Crippen MR) is 56.4 cm³/mol. The zero-order valence-electron chi connectivity index (χ0n) is 8.66. The van der Waals surface area contributed by atoms with E-state index in [4.69, 9.17) is 4.74 Å². The van der Waals surface area contributed by atoms with Crippen LogP contribution in [-0.4, -0.2) is 23.7 Å². The van der Waals surface area contributed by atoms with Crippen LogP contribution in [-0.2, 0) is 4.74 Å². The highest BCUT2D eigenvalue weighted by atomic mass is 16.5. The first kappa shape index (κ1) is 9.46. The summed E-state index contributed by atoms with van der Waals surface area (Å²) in [6, 6.07) is 2.46. The van der Waals surface area contributed by atoms with Gasteiger partial charge in [0.2, 0.25) is 0 Å². The molecule has 1 aromatic rings. The van der Waals surface area contributed by atoms with Crippen LogP contribution in [0.5, 0.6) is 0 Å². The second kappa shape index (κ2) is 3.96. The van der Waals surface area contributed by atoms with E-state index in [1.165, 1.54) is 11.3 Å². The number of nitrogens with one attached hydrogen (secondary N) is 1. The zero-order chi connectivity index (χ0) is 9.97. The third-order valence-corrected chi connectivity index (χ3v) is 2.74. The van der Waals surface area contributed by atoms with E-state index < -0.39 is 0 Å². The van der Waals surface area contributed by atoms with Crippen LogP contribution in [0.4, 0.5) is 5.69 Å². The van der Waals surface area contributed by atoms with E-state index in [1.54, 1.807) is 0 Å². The van der Waals surface area contributed by atoms with Gasteiger partial charge in [-0.2, -0.15) is 0 Å². The first-order chi connectivity index (χ1) is 6.77. The number of hydrogen-bond donors (Lipinski definition) is 1. The van der Waals surface area contributed by atoms with Crippen molar-refractivity contribution in [2.45, 2.75) is 32.4 Å². The molecular formula is C11H16N2O. The van der Waals surface area contributed by atoms with Gasteiger partial charge < -0.3 is 10.1 Å². The number of rotatable bonds is 2. The molecule has 0 spiro atoms. The van der Waals surface area contributed by atoms with E-state index in [9.17, 15) is 0 Å². The lowest BCUT2D eigenvalue weighted by Gasteiger charge is -2.18. The normalized spacial score (nSPS) is 26.4. The molecule has 1 fully saturated rings. The Balaban J connectivity index is 2.07. The summed E-state index contributed by atoms with van der Waals surface area (Å²) in [5.41, 5.74) is 2.36. The van der Waals surface area contributed by atoms with Gasteiger partial charge in [0.1, 0.15) is 0 Å². The van der Waals surface area contributed by atoms with E-state index in [0.29, 0.717) is 12.1 Å². The predicted octanol–water partition coefficient (Wildman–Crippen LogP) is 1.98. The Hall–Kier alpha value is -1.09. The molecule has 3 heteroatoms. The van der Waals surface area contributed by atoms with Gasteiger partial charge in [-0.3, -0.25) is 4.98 Å². The van der Waals surface area contributed by atoms with Crippen molar-refractivity contribution in [2.24, 2.45) is 0 Å². The van der Waals surface area contributed by atoms with Gasteiger partial charge in [-0.1, -0.05) is 0 Å². The second-order valence-electron chi connectivity index (χ2n) is 3.81. The highest BCUT2D eigenvalue weighted by Crippen LogP contribution is 2.20. The van der Waals surface area contributed by atoms with E-state index in [1.807, 2.05) is 18.5 Å². The largest absolute Gasteiger partial charge is 0.379 e. The van der Waals surface area contributed by atoms with Gasteiger partial charge in [0.05, 0.1) is 12.1 Å². The lowest BCUT2D eigenvalue weighted by atomic mass is 10.1. The summed E-state index contributed by atoms with van der Waals surface area (Å²) in [6.07, 6.45) is 5.09. The van der Waals surface area contributed by atoms with Crippen molar-refractivity contribution in [3.8, 4) is 0 Å². The topological polar surface area (TPSA) is 34.2 Å². The zero-order valence-corrected chi connectivity index (χ0v) is 8.66. The summed E-state index contributed by atoms with van der Waals surface area (Å²) in [5.74, 6) is 0. The maximum atomic E-state index is 5.50. The smallest absolute Gasteiger partial charge is 0.0748 e. The highest BCUT2D eigenvalue weighted by molar-refractivity contribution is 5.49. The molecule has 1 saturated heterocycles. The van der Waals surface area contributed by atoms with Crippen molar-refractivity contribution in [3.63, 3.8) is 0 Å². The number of aromatic nitrogens is 1. The molecule has 1 aliphatic heterocycles. The molecule has 3 nitrogen and oxygen atoms in total. The monoisotopic (exact) mass is 192 g/mol. The number of nitrogens with zero attached hydrogens (tertiary/aromatic N) is 1. The maximum Gasteiger partial charge on any atom is 0.0748 e. The van der Waals surface area contributed by atoms with Crippen molar-refractivity contribution < 1.29 is 4.74 Å². The Morgan fingerprint density at radius 2 is 2.43 bits per heavy atom. The van der Waals surface area contributed by atoms with E-state index in [0.717, 1.165) is 13.0 Å². The number of aryl methyl sites for hydroxylation is 1. The molecule has 1 N–H and O–H groups in total. The average Bonchev–Trinajstić information content (AvgIpc) is 2.56. The van der Waals surface area contributed by atoms with Gasteiger partial charge in [0.25, 0.3) is 0 Å². The number of anilines is 1. The Labute approximate surface area is 84.5 Å². The van der Waals surface area contributed by atoms with E-state index in [-0.39, 0.29) is 0 Å². The van der Waals surface area contributed by atoms with Crippen LogP contribution in [0.15, 0.2) is 18.5 Å². The van der Waals surface area contributed by atoms with Crippen LogP contribution >= 0.6 is 0 Å². The SMILES string of the molecule is Cc1cnccc1NC1CCOC1C.